The molecule has 1 aromatic heterocycles. The van der Waals surface area contributed by atoms with E-state index in [2.05, 4.69) is 5.10 Å². The average Bonchev–Trinajstić information content (AvgIpc) is 1.64. The number of hydrogen-bond donors (Lipinski definition) is 0. The fourth-order valence-electron chi connectivity index (χ4n) is 0.627. The smallest absolute Gasteiger partial charge is 0.0938 e. The molecule has 0 aliphatic heterocycles. The summed E-state index contributed by atoms with van der Waals surface area (Å²) in [6, 6.07) is 1.97. The fourth-order valence-corrected chi connectivity index (χ4v) is 0.627. The van der Waals surface area contributed by atoms with Gasteiger partial charge in [-0.1, -0.05) is 4.68 Å². The summed E-state index contributed by atoms with van der Waals surface area (Å²) >= 11 is 0. The predicted octanol–water partition coefficient (Wildman–Crippen LogP) is 0.215. The van der Waals surface area contributed by atoms with E-state index in [4.69, 9.17) is 0 Å². The normalized spacial score (nSPS) is 9.25. The Bertz CT molecular complexity index is 166. The molecule has 0 aliphatic carbocycles. The third kappa shape index (κ3) is 1.03. The second-order valence-electron chi connectivity index (χ2n) is 1.88. The molecule has 0 aromatic carbocycles. The van der Waals surface area contributed by atoms with Gasteiger partial charge in [-0.3, -0.25) is 0 Å². The van der Waals surface area contributed by atoms with Gasteiger partial charge in [-0.25, -0.2) is 0 Å². The molecule has 2 nitrogen and oxygen atoms in total. The zero-order valence-electron chi connectivity index (χ0n) is 5.13. The minimum atomic E-state index is 1.24. The Morgan fingerprint density at radius 2 is 2.38 bits per heavy atom. The van der Waals surface area contributed by atoms with Crippen molar-refractivity contribution in [1.29, 1.82) is 0 Å². The summed E-state index contributed by atoms with van der Waals surface area (Å²) in [5.41, 5.74) is 1.24. The topological polar surface area (TPSA) is 16.8 Å². The highest BCUT2D eigenvalue weighted by Crippen LogP contribution is 1.84. The molecular formula is C6H9N2+. The Morgan fingerprint density at radius 3 is 2.75 bits per heavy atom. The van der Waals surface area contributed by atoms with Crippen LogP contribution in [0.25, 0.3) is 0 Å². The van der Waals surface area contributed by atoms with Gasteiger partial charge in [0.1, 0.15) is 0 Å². The van der Waals surface area contributed by atoms with Gasteiger partial charge in [0.2, 0.25) is 0 Å². The molecule has 1 aromatic rings. The molecule has 0 saturated heterocycles. The molecule has 0 radical (unpaired) electrons. The number of hydrogen-bond acceptors (Lipinski definition) is 1. The minimum Gasteiger partial charge on any atom is -0.0938 e. The highest BCUT2D eigenvalue weighted by Gasteiger charge is 1.89. The third-order valence-electron chi connectivity index (χ3n) is 0.977. The van der Waals surface area contributed by atoms with Crippen molar-refractivity contribution >= 4 is 0 Å². The molecular weight excluding hydrogens is 100 g/mol. The first-order valence-corrected chi connectivity index (χ1v) is 2.57. The molecule has 0 aliphatic rings. The van der Waals surface area contributed by atoms with E-state index in [0.29, 0.717) is 0 Å². The average molecular weight is 109 g/mol. The van der Waals surface area contributed by atoms with Gasteiger partial charge >= 0.3 is 0 Å². The van der Waals surface area contributed by atoms with E-state index in [0.717, 1.165) is 0 Å². The van der Waals surface area contributed by atoms with Crippen molar-refractivity contribution in [2.45, 2.75) is 6.92 Å². The summed E-state index contributed by atoms with van der Waals surface area (Å²) in [6.07, 6.45) is 3.76. The van der Waals surface area contributed by atoms with Crippen LogP contribution >= 0.6 is 0 Å². The van der Waals surface area contributed by atoms with Crippen LogP contribution in [0.4, 0.5) is 0 Å². The summed E-state index contributed by atoms with van der Waals surface area (Å²) in [7, 11) is 1.91. The summed E-state index contributed by atoms with van der Waals surface area (Å²) in [5, 5.41) is 3.96. The maximum Gasteiger partial charge on any atom is 0.198 e. The van der Waals surface area contributed by atoms with Crippen molar-refractivity contribution in [2.75, 3.05) is 0 Å². The number of aryl methyl sites for hydroxylation is 2. The summed E-state index contributed by atoms with van der Waals surface area (Å²) in [5.74, 6) is 0. The lowest BCUT2D eigenvalue weighted by Crippen LogP contribution is -2.31. The van der Waals surface area contributed by atoms with Crippen molar-refractivity contribution in [3.8, 4) is 0 Å². The Kier molecular flexibility index (Phi) is 1.24. The molecule has 0 fully saturated rings. The van der Waals surface area contributed by atoms with Crippen molar-refractivity contribution in [3.63, 3.8) is 0 Å². The Hall–Kier alpha value is -0.920. The van der Waals surface area contributed by atoms with Gasteiger partial charge in [0, 0.05) is 5.56 Å². The summed E-state index contributed by atoms with van der Waals surface area (Å²) in [4.78, 5) is 0. The molecule has 1 heterocycles. The van der Waals surface area contributed by atoms with Crippen LogP contribution in [0.5, 0.6) is 0 Å². The van der Waals surface area contributed by atoms with Crippen molar-refractivity contribution in [2.24, 2.45) is 7.05 Å². The van der Waals surface area contributed by atoms with E-state index in [1.807, 2.05) is 26.2 Å². The van der Waals surface area contributed by atoms with E-state index in [-0.39, 0.29) is 0 Å². The van der Waals surface area contributed by atoms with Crippen LogP contribution in [0, 0.1) is 6.92 Å². The van der Waals surface area contributed by atoms with Gasteiger partial charge in [0.15, 0.2) is 13.2 Å². The van der Waals surface area contributed by atoms with Crippen LogP contribution in [0.3, 0.4) is 0 Å². The van der Waals surface area contributed by atoms with Crippen LogP contribution in [0.15, 0.2) is 18.5 Å². The first-order valence-electron chi connectivity index (χ1n) is 2.57. The molecule has 0 atom stereocenters. The van der Waals surface area contributed by atoms with Crippen LogP contribution in [0.1, 0.15) is 5.56 Å². The van der Waals surface area contributed by atoms with E-state index < -0.39 is 0 Å². The monoisotopic (exact) mass is 109 g/mol. The van der Waals surface area contributed by atoms with Gasteiger partial charge in [0.25, 0.3) is 0 Å². The van der Waals surface area contributed by atoms with Crippen LogP contribution < -0.4 is 4.68 Å². The number of nitrogens with zero attached hydrogens (tertiary/aromatic N) is 2. The molecule has 0 unspecified atom stereocenters. The first kappa shape index (κ1) is 5.22. The molecule has 0 spiro atoms. The lowest BCUT2D eigenvalue weighted by Gasteiger charge is -1.83. The van der Waals surface area contributed by atoms with E-state index >= 15 is 0 Å². The summed E-state index contributed by atoms with van der Waals surface area (Å²) < 4.78 is 1.79. The Labute approximate surface area is 48.8 Å². The highest BCUT2D eigenvalue weighted by atomic mass is 15.2. The van der Waals surface area contributed by atoms with Gasteiger partial charge < -0.3 is 0 Å². The second-order valence-corrected chi connectivity index (χ2v) is 1.88. The molecule has 0 bridgehead atoms. The molecule has 0 saturated carbocycles. The second kappa shape index (κ2) is 1.90. The van der Waals surface area contributed by atoms with Gasteiger partial charge in [0.05, 0.1) is 6.20 Å². The lowest BCUT2D eigenvalue weighted by atomic mass is 10.4. The van der Waals surface area contributed by atoms with Crippen LogP contribution in [-0.4, -0.2) is 5.10 Å². The maximum absolute atomic E-state index is 3.96. The summed E-state index contributed by atoms with van der Waals surface area (Å²) in [6.45, 7) is 2.04. The van der Waals surface area contributed by atoms with Gasteiger partial charge in [-0.05, 0) is 18.1 Å². The highest BCUT2D eigenvalue weighted by molar-refractivity contribution is 4.97. The Balaban J connectivity index is 3.08. The van der Waals surface area contributed by atoms with Crippen molar-refractivity contribution < 1.29 is 4.68 Å². The minimum absolute atomic E-state index is 1.24. The lowest BCUT2D eigenvalue weighted by molar-refractivity contribution is -0.731. The molecule has 1 rings (SSSR count). The number of aromatic nitrogens is 2. The molecule has 2 heteroatoms. The predicted molar refractivity (Wildman–Crippen MR) is 30.1 cm³/mol. The van der Waals surface area contributed by atoms with E-state index in [9.17, 15) is 0 Å². The quantitative estimate of drug-likeness (QED) is 0.435. The molecule has 0 amide bonds. The first-order chi connectivity index (χ1) is 3.79. The fraction of sp³-hybridized carbons (Fsp3) is 0.333. The molecule has 8 heavy (non-hydrogen) atoms. The molecule has 0 N–H and O–H groups in total. The van der Waals surface area contributed by atoms with E-state index in [1.54, 1.807) is 10.9 Å². The maximum atomic E-state index is 3.96. The zero-order valence-corrected chi connectivity index (χ0v) is 5.13. The van der Waals surface area contributed by atoms with Crippen molar-refractivity contribution in [3.05, 3.63) is 24.0 Å². The van der Waals surface area contributed by atoms with E-state index in [1.165, 1.54) is 5.56 Å². The molecule has 42 valence electrons. The van der Waals surface area contributed by atoms with Gasteiger partial charge in [-0.15, -0.1) is 0 Å². The zero-order chi connectivity index (χ0) is 5.98. The largest absolute Gasteiger partial charge is 0.198 e. The standard InChI is InChI=1S/C6H9N2/c1-6-3-4-7-8(2)5-6/h3-5H,1-2H3/q+1. The number of rotatable bonds is 0. The van der Waals surface area contributed by atoms with Crippen molar-refractivity contribution in [1.82, 2.24) is 5.10 Å². The van der Waals surface area contributed by atoms with Gasteiger partial charge in [-0.2, -0.15) is 0 Å². The SMILES string of the molecule is Cc1ccn[n+](C)c1. The van der Waals surface area contributed by atoms with Crippen LogP contribution in [0.2, 0.25) is 0 Å². The Morgan fingerprint density at radius 1 is 1.62 bits per heavy atom. The third-order valence-corrected chi connectivity index (χ3v) is 0.977. The van der Waals surface area contributed by atoms with Crippen LogP contribution in [-0.2, 0) is 7.05 Å².